The maximum Gasteiger partial charge on any atom is 0.343 e. The molecule has 0 amide bonds. The molecule has 5 bridgehead atoms. The van der Waals surface area contributed by atoms with Crippen molar-refractivity contribution in [1.29, 1.82) is 0 Å². The van der Waals surface area contributed by atoms with Crippen molar-refractivity contribution in [2.45, 2.75) is 96.0 Å². The predicted octanol–water partition coefficient (Wildman–Crippen LogP) is 4.58. The standard InChI is InChI=1S/C25H39NO5Si/c1-8-9-11-24-19-10-12-26(24)17-14-20(24)30-25(19,31-32(5,6)7)21(17)15(2)13-18-22(28-4)16(3)23(27)29-18/h13,15,17,19-21H,8-12,14H2,1-7H3/b18-13-/t15-,17+,19+,20+,21-,24+,25-/m1/s1. The number of carbonyl (C=O) groups is 1. The van der Waals surface area contributed by atoms with Crippen molar-refractivity contribution in [1.82, 2.24) is 4.90 Å². The van der Waals surface area contributed by atoms with Crippen LogP contribution in [0.1, 0.15) is 52.9 Å². The van der Waals surface area contributed by atoms with Crippen LogP contribution in [0.2, 0.25) is 19.6 Å². The van der Waals surface area contributed by atoms with Crippen molar-refractivity contribution in [3.63, 3.8) is 0 Å². The summed E-state index contributed by atoms with van der Waals surface area (Å²) in [7, 11) is -0.284. The Morgan fingerprint density at radius 3 is 2.75 bits per heavy atom. The van der Waals surface area contributed by atoms with Gasteiger partial charge in [-0.25, -0.2) is 4.79 Å². The van der Waals surface area contributed by atoms with E-state index in [4.69, 9.17) is 18.6 Å². The summed E-state index contributed by atoms with van der Waals surface area (Å²) >= 11 is 0. The van der Waals surface area contributed by atoms with Gasteiger partial charge in [0.2, 0.25) is 0 Å². The van der Waals surface area contributed by atoms with E-state index in [1.165, 1.54) is 19.3 Å². The van der Waals surface area contributed by atoms with E-state index in [0.717, 1.165) is 19.4 Å². The summed E-state index contributed by atoms with van der Waals surface area (Å²) in [5.41, 5.74) is 0.684. The number of unbranched alkanes of at least 4 members (excludes halogenated alkanes) is 1. The highest BCUT2D eigenvalue weighted by atomic mass is 28.4. The first kappa shape index (κ1) is 22.6. The SMILES string of the molecule is CCCC[C@@]12[C@@H]3C[C@H]4[C@@H]([C@H](C)/C=C5\OC(=O)C(C)=C5OC)[C@@](O[Si](C)(C)C)(O3)[C@H]1CCN42. The molecule has 5 aliphatic heterocycles. The van der Waals surface area contributed by atoms with Crippen LogP contribution in [0.15, 0.2) is 23.2 Å². The maximum atomic E-state index is 12.2. The molecule has 5 rings (SSSR count). The van der Waals surface area contributed by atoms with Gasteiger partial charge in [0.15, 0.2) is 25.6 Å². The summed E-state index contributed by atoms with van der Waals surface area (Å²) < 4.78 is 25.2. The van der Waals surface area contributed by atoms with Crippen LogP contribution in [0.3, 0.4) is 0 Å². The van der Waals surface area contributed by atoms with Crippen molar-refractivity contribution in [3.8, 4) is 0 Å². The minimum atomic E-state index is -1.88. The first-order valence-electron chi connectivity index (χ1n) is 12.4. The summed E-state index contributed by atoms with van der Waals surface area (Å²) in [6, 6.07) is 0.445. The topological polar surface area (TPSA) is 57.2 Å². The van der Waals surface area contributed by atoms with E-state index in [0.29, 0.717) is 29.1 Å². The molecule has 1 unspecified atom stereocenters. The van der Waals surface area contributed by atoms with E-state index in [1.807, 2.05) is 0 Å². The normalized spacial score (nSPS) is 44.2. The molecule has 7 heteroatoms. The molecule has 8 atom stereocenters. The third kappa shape index (κ3) is 2.90. The van der Waals surface area contributed by atoms with Gasteiger partial charge in [0, 0.05) is 17.9 Å². The summed E-state index contributed by atoms with van der Waals surface area (Å²) in [5, 5.41) is 0. The molecule has 178 valence electrons. The monoisotopic (exact) mass is 461 g/mol. The highest BCUT2D eigenvalue weighted by Crippen LogP contribution is 2.70. The fourth-order valence-corrected chi connectivity index (χ4v) is 9.07. The van der Waals surface area contributed by atoms with Crippen LogP contribution in [0.4, 0.5) is 0 Å². The van der Waals surface area contributed by atoms with Gasteiger partial charge in [-0.2, -0.15) is 0 Å². The van der Waals surface area contributed by atoms with Gasteiger partial charge in [0.25, 0.3) is 0 Å². The Labute approximate surface area is 193 Å². The minimum Gasteiger partial charge on any atom is -0.492 e. The van der Waals surface area contributed by atoms with Gasteiger partial charge >= 0.3 is 5.97 Å². The number of hydrogen-bond acceptors (Lipinski definition) is 6. The number of nitrogens with zero attached hydrogens (tertiary/aromatic N) is 1. The number of rotatable bonds is 8. The Morgan fingerprint density at radius 2 is 2.09 bits per heavy atom. The van der Waals surface area contributed by atoms with E-state index in [1.54, 1.807) is 14.0 Å². The molecule has 0 N–H and O–H groups in total. The lowest BCUT2D eigenvalue weighted by molar-refractivity contribution is -0.268. The van der Waals surface area contributed by atoms with Gasteiger partial charge < -0.3 is 18.6 Å². The number of esters is 1. The van der Waals surface area contributed by atoms with Crippen LogP contribution in [0.5, 0.6) is 0 Å². The van der Waals surface area contributed by atoms with Crippen LogP contribution in [0.25, 0.3) is 0 Å². The first-order chi connectivity index (χ1) is 15.1. The van der Waals surface area contributed by atoms with E-state index in [-0.39, 0.29) is 29.4 Å². The van der Waals surface area contributed by atoms with Crippen LogP contribution >= 0.6 is 0 Å². The maximum absolute atomic E-state index is 12.2. The average molecular weight is 462 g/mol. The van der Waals surface area contributed by atoms with E-state index in [9.17, 15) is 4.79 Å². The van der Waals surface area contributed by atoms with Gasteiger partial charge in [-0.1, -0.05) is 26.7 Å². The van der Waals surface area contributed by atoms with Gasteiger partial charge in [-0.05, 0) is 64.4 Å². The molecule has 0 spiro atoms. The van der Waals surface area contributed by atoms with Crippen molar-refractivity contribution >= 4 is 14.3 Å². The molecule has 32 heavy (non-hydrogen) atoms. The Bertz CT molecular complexity index is 878. The number of cyclic esters (lactones) is 1. The number of carbonyl (C=O) groups excluding carboxylic acids is 1. The Kier molecular flexibility index (Phi) is 5.25. The average Bonchev–Trinajstić information content (AvgIpc) is 3.32. The van der Waals surface area contributed by atoms with Gasteiger partial charge in [0.05, 0.1) is 24.3 Å². The van der Waals surface area contributed by atoms with Gasteiger partial charge in [-0.15, -0.1) is 0 Å². The number of methoxy groups -OCH3 is 1. The third-order valence-electron chi connectivity index (χ3n) is 8.56. The summed E-state index contributed by atoms with van der Waals surface area (Å²) in [5.74, 6) is 0.987. The molecule has 0 aromatic carbocycles. The van der Waals surface area contributed by atoms with Crippen molar-refractivity contribution in [2.24, 2.45) is 17.8 Å². The smallest absolute Gasteiger partial charge is 0.343 e. The zero-order valence-corrected chi connectivity index (χ0v) is 21.7. The van der Waals surface area contributed by atoms with E-state index < -0.39 is 14.1 Å². The van der Waals surface area contributed by atoms with Crippen LogP contribution in [-0.2, 0) is 23.4 Å². The summed E-state index contributed by atoms with van der Waals surface area (Å²) in [6.07, 6.45) is 8.26. The summed E-state index contributed by atoms with van der Waals surface area (Å²) in [6.45, 7) is 14.2. The molecule has 4 fully saturated rings. The van der Waals surface area contributed by atoms with Crippen molar-refractivity contribution in [3.05, 3.63) is 23.2 Å². The quantitative estimate of drug-likeness (QED) is 0.389. The molecule has 0 radical (unpaired) electrons. The summed E-state index contributed by atoms with van der Waals surface area (Å²) in [4.78, 5) is 15.0. The molecule has 0 saturated carbocycles. The van der Waals surface area contributed by atoms with E-state index in [2.05, 4.69) is 44.5 Å². The fraction of sp³-hybridized carbons (Fsp3) is 0.800. The van der Waals surface area contributed by atoms with Gasteiger partial charge in [0.1, 0.15) is 0 Å². The zero-order chi connectivity index (χ0) is 23.1. The Hall–Kier alpha value is -1.15. The highest BCUT2D eigenvalue weighted by molar-refractivity contribution is 6.69. The number of ether oxygens (including phenoxy) is 3. The van der Waals surface area contributed by atoms with Crippen molar-refractivity contribution in [2.75, 3.05) is 13.7 Å². The third-order valence-corrected chi connectivity index (χ3v) is 9.49. The zero-order valence-electron chi connectivity index (χ0n) is 20.7. The molecule has 5 aliphatic rings. The molecular formula is C25H39NO5Si. The highest BCUT2D eigenvalue weighted by Gasteiger charge is 2.81. The lowest BCUT2D eigenvalue weighted by Gasteiger charge is -2.55. The molecule has 6 nitrogen and oxygen atoms in total. The number of hydrogen-bond donors (Lipinski definition) is 0. The molecular weight excluding hydrogens is 422 g/mol. The van der Waals surface area contributed by atoms with Crippen LogP contribution in [0, 0.1) is 17.8 Å². The number of piperidine rings is 1. The van der Waals surface area contributed by atoms with Crippen LogP contribution < -0.4 is 0 Å². The number of allylic oxidation sites excluding steroid dienone is 1. The first-order valence-corrected chi connectivity index (χ1v) is 15.8. The second-order valence-corrected chi connectivity index (χ2v) is 15.9. The molecule has 0 aromatic rings. The largest absolute Gasteiger partial charge is 0.492 e. The lowest BCUT2D eigenvalue weighted by atomic mass is 9.68. The Morgan fingerprint density at radius 1 is 1.34 bits per heavy atom. The molecule has 4 saturated heterocycles. The second-order valence-electron chi connectivity index (χ2n) is 11.4. The Balaban J connectivity index is 1.55. The minimum absolute atomic E-state index is 0.126. The van der Waals surface area contributed by atoms with Gasteiger partial charge in [-0.3, -0.25) is 4.90 Å². The predicted molar refractivity (Wildman–Crippen MR) is 124 cm³/mol. The molecule has 0 aliphatic carbocycles. The second kappa shape index (κ2) is 7.42. The van der Waals surface area contributed by atoms with Crippen molar-refractivity contribution < 1.29 is 23.4 Å². The van der Waals surface area contributed by atoms with Crippen LogP contribution in [-0.4, -0.2) is 56.3 Å². The molecule has 5 heterocycles. The lowest BCUT2D eigenvalue weighted by Crippen LogP contribution is -2.65. The fourth-order valence-electron chi connectivity index (χ4n) is 7.79. The van der Waals surface area contributed by atoms with E-state index >= 15 is 0 Å². The molecule has 0 aromatic heterocycles.